The van der Waals surface area contributed by atoms with Gasteiger partial charge in [-0.2, -0.15) is 0 Å². The number of anilines is 1. The number of hydrogen-bond acceptors (Lipinski definition) is 5. The van der Waals surface area contributed by atoms with Crippen molar-refractivity contribution in [3.8, 4) is 5.75 Å². The average Bonchev–Trinajstić information content (AvgIpc) is 2.54. The van der Waals surface area contributed by atoms with Crippen LogP contribution >= 0.6 is 23.8 Å². The zero-order chi connectivity index (χ0) is 18.6. The van der Waals surface area contributed by atoms with Crippen LogP contribution in [0, 0.1) is 0 Å². The Morgan fingerprint density at radius 3 is 2.32 bits per heavy atom. The van der Waals surface area contributed by atoms with Crippen molar-refractivity contribution >= 4 is 50.4 Å². The monoisotopic (exact) mass is 398 g/mol. The molecule has 0 unspecified atom stereocenters. The quantitative estimate of drug-likeness (QED) is 0.770. The van der Waals surface area contributed by atoms with E-state index in [4.69, 9.17) is 28.6 Å². The summed E-state index contributed by atoms with van der Waals surface area (Å²) < 4.78 is 28.0. The van der Waals surface area contributed by atoms with Crippen molar-refractivity contribution in [1.82, 2.24) is 5.32 Å². The van der Waals surface area contributed by atoms with E-state index in [1.165, 1.54) is 18.2 Å². The number of hydrogen-bond donors (Lipinski definition) is 2. The van der Waals surface area contributed by atoms with Gasteiger partial charge in [-0.15, -0.1) is 0 Å². The Morgan fingerprint density at radius 2 is 1.80 bits per heavy atom. The number of halogens is 1. The van der Waals surface area contributed by atoms with Gasteiger partial charge in [0, 0.05) is 11.9 Å². The number of thiocarbonyl (C=S) groups is 1. The van der Waals surface area contributed by atoms with Gasteiger partial charge in [-0.3, -0.25) is 10.1 Å². The molecule has 0 bridgehead atoms. The van der Waals surface area contributed by atoms with E-state index in [2.05, 4.69) is 10.6 Å². The van der Waals surface area contributed by atoms with E-state index in [1.807, 2.05) is 0 Å². The molecule has 0 atom stereocenters. The highest BCUT2D eigenvalue weighted by Gasteiger charge is 2.15. The number of nitrogens with one attached hydrogen (secondary N) is 2. The number of carbonyl (C=O) groups is 1. The lowest BCUT2D eigenvalue weighted by atomic mass is 10.2. The van der Waals surface area contributed by atoms with Gasteiger partial charge in [-0.25, -0.2) is 8.42 Å². The fourth-order valence-corrected chi connectivity index (χ4v) is 3.11. The molecule has 0 fully saturated rings. The van der Waals surface area contributed by atoms with Gasteiger partial charge in [0.15, 0.2) is 14.9 Å². The summed E-state index contributed by atoms with van der Waals surface area (Å²) in [5.41, 5.74) is 0.789. The van der Waals surface area contributed by atoms with Crippen molar-refractivity contribution in [2.24, 2.45) is 0 Å². The first-order valence-electron chi connectivity index (χ1n) is 6.96. The first-order chi connectivity index (χ1) is 11.7. The van der Waals surface area contributed by atoms with Gasteiger partial charge in [0.2, 0.25) is 0 Å². The van der Waals surface area contributed by atoms with Crippen molar-refractivity contribution in [3.05, 3.63) is 53.1 Å². The molecule has 2 aromatic rings. The fraction of sp³-hybridized carbons (Fsp3) is 0.125. The van der Waals surface area contributed by atoms with Crippen LogP contribution in [-0.4, -0.2) is 32.8 Å². The van der Waals surface area contributed by atoms with E-state index in [0.29, 0.717) is 11.4 Å². The zero-order valence-electron chi connectivity index (χ0n) is 13.4. The summed E-state index contributed by atoms with van der Waals surface area (Å²) in [6, 6.07) is 10.9. The molecule has 0 heterocycles. The second-order valence-electron chi connectivity index (χ2n) is 5.05. The maximum Gasteiger partial charge on any atom is 0.258 e. The molecule has 2 aromatic carbocycles. The normalized spacial score (nSPS) is 10.8. The lowest BCUT2D eigenvalue weighted by Gasteiger charge is -2.11. The van der Waals surface area contributed by atoms with Crippen molar-refractivity contribution in [3.63, 3.8) is 0 Å². The predicted octanol–water partition coefficient (Wildman–Crippen LogP) is 2.88. The number of rotatable bonds is 4. The first kappa shape index (κ1) is 19.2. The molecule has 9 heteroatoms. The number of amides is 1. The SMILES string of the molecule is COc1ccc(NC(=S)NC(=O)c2ccc(S(C)(=O)=O)cc2Cl)cc1. The molecule has 132 valence electrons. The maximum atomic E-state index is 12.2. The molecule has 0 aliphatic rings. The Balaban J connectivity index is 2.07. The minimum Gasteiger partial charge on any atom is -0.497 e. The molecule has 6 nitrogen and oxygen atoms in total. The van der Waals surface area contributed by atoms with E-state index in [-0.39, 0.29) is 20.6 Å². The molecule has 2 N–H and O–H groups in total. The topological polar surface area (TPSA) is 84.5 Å². The third kappa shape index (κ3) is 5.15. The molecule has 0 saturated carbocycles. The molecule has 0 saturated heterocycles. The van der Waals surface area contributed by atoms with Crippen LogP contribution in [0.4, 0.5) is 5.69 Å². The molecular weight excluding hydrogens is 384 g/mol. The van der Waals surface area contributed by atoms with Gasteiger partial charge in [-0.05, 0) is 54.7 Å². The summed E-state index contributed by atoms with van der Waals surface area (Å²) in [6.45, 7) is 0. The van der Waals surface area contributed by atoms with E-state index in [1.54, 1.807) is 31.4 Å². The third-order valence-electron chi connectivity index (χ3n) is 3.19. The van der Waals surface area contributed by atoms with Gasteiger partial charge in [0.1, 0.15) is 5.75 Å². The summed E-state index contributed by atoms with van der Waals surface area (Å²) in [4.78, 5) is 12.3. The van der Waals surface area contributed by atoms with Crippen LogP contribution in [0.3, 0.4) is 0 Å². The Hall–Kier alpha value is -2.16. The molecule has 0 radical (unpaired) electrons. The van der Waals surface area contributed by atoms with Crippen molar-refractivity contribution < 1.29 is 17.9 Å². The Labute approximate surface area is 156 Å². The highest BCUT2D eigenvalue weighted by molar-refractivity contribution is 7.90. The molecule has 0 aliphatic heterocycles. The molecule has 1 amide bonds. The van der Waals surface area contributed by atoms with Gasteiger partial charge in [0.25, 0.3) is 5.91 Å². The average molecular weight is 399 g/mol. The van der Waals surface area contributed by atoms with Crippen LogP contribution in [0.1, 0.15) is 10.4 Å². The fourth-order valence-electron chi connectivity index (χ4n) is 1.92. The second kappa shape index (κ2) is 7.81. The van der Waals surface area contributed by atoms with E-state index < -0.39 is 15.7 Å². The summed E-state index contributed by atoms with van der Waals surface area (Å²) >= 11 is 11.1. The minimum absolute atomic E-state index is 0.0210. The number of carbonyl (C=O) groups excluding carboxylic acids is 1. The largest absolute Gasteiger partial charge is 0.497 e. The standard InChI is InChI=1S/C16H15ClN2O4S2/c1-23-11-5-3-10(4-6-11)18-16(24)19-15(20)13-8-7-12(9-14(13)17)25(2,21)22/h3-9H,1-2H3,(H2,18,19,20,24). The number of benzene rings is 2. The smallest absolute Gasteiger partial charge is 0.258 e. The lowest BCUT2D eigenvalue weighted by molar-refractivity contribution is 0.0978. The van der Waals surface area contributed by atoms with Crippen molar-refractivity contribution in [2.75, 3.05) is 18.7 Å². The van der Waals surface area contributed by atoms with Crippen LogP contribution in [0.25, 0.3) is 0 Å². The number of sulfone groups is 1. The van der Waals surface area contributed by atoms with Crippen LogP contribution in [0.2, 0.25) is 5.02 Å². The van der Waals surface area contributed by atoms with Gasteiger partial charge in [-0.1, -0.05) is 11.6 Å². The van der Waals surface area contributed by atoms with Gasteiger partial charge < -0.3 is 10.1 Å². The highest BCUT2D eigenvalue weighted by Crippen LogP contribution is 2.21. The van der Waals surface area contributed by atoms with Gasteiger partial charge in [0.05, 0.1) is 22.6 Å². The maximum absolute atomic E-state index is 12.2. The first-order valence-corrected chi connectivity index (χ1v) is 9.64. The van der Waals surface area contributed by atoms with E-state index in [9.17, 15) is 13.2 Å². The summed E-state index contributed by atoms with van der Waals surface area (Å²) in [5.74, 6) is 0.148. The molecule has 0 aromatic heterocycles. The Kier molecular flexibility index (Phi) is 5.99. The van der Waals surface area contributed by atoms with Crippen LogP contribution in [0.15, 0.2) is 47.4 Å². The van der Waals surface area contributed by atoms with Crippen molar-refractivity contribution in [1.29, 1.82) is 0 Å². The van der Waals surface area contributed by atoms with Crippen LogP contribution in [0.5, 0.6) is 5.75 Å². The minimum atomic E-state index is -3.40. The Bertz CT molecular complexity index is 912. The Morgan fingerprint density at radius 1 is 1.16 bits per heavy atom. The molecule has 0 spiro atoms. The number of ether oxygens (including phenoxy) is 1. The summed E-state index contributed by atoms with van der Waals surface area (Å²) in [7, 11) is -1.84. The molecule has 0 aliphatic carbocycles. The van der Waals surface area contributed by atoms with E-state index in [0.717, 1.165) is 6.26 Å². The zero-order valence-corrected chi connectivity index (χ0v) is 15.8. The van der Waals surface area contributed by atoms with E-state index >= 15 is 0 Å². The number of methoxy groups -OCH3 is 1. The summed E-state index contributed by atoms with van der Waals surface area (Å²) in [6.07, 6.45) is 1.06. The molecular formula is C16H15ClN2O4S2. The van der Waals surface area contributed by atoms with Crippen LogP contribution in [-0.2, 0) is 9.84 Å². The molecule has 25 heavy (non-hydrogen) atoms. The lowest BCUT2D eigenvalue weighted by Crippen LogP contribution is -2.34. The summed E-state index contributed by atoms with van der Waals surface area (Å²) in [5, 5.41) is 5.45. The third-order valence-corrected chi connectivity index (χ3v) is 4.82. The highest BCUT2D eigenvalue weighted by atomic mass is 35.5. The molecule has 2 rings (SSSR count). The second-order valence-corrected chi connectivity index (χ2v) is 7.88. The predicted molar refractivity (Wildman–Crippen MR) is 101 cm³/mol. The van der Waals surface area contributed by atoms with Gasteiger partial charge >= 0.3 is 0 Å². The van der Waals surface area contributed by atoms with Crippen molar-refractivity contribution in [2.45, 2.75) is 4.90 Å². The van der Waals surface area contributed by atoms with Crippen LogP contribution < -0.4 is 15.4 Å².